The molecule has 0 fully saturated rings. The number of carbonyl (C=O) groups excluding carboxylic acids is 2. The Morgan fingerprint density at radius 1 is 1.17 bits per heavy atom. The lowest BCUT2D eigenvalue weighted by molar-refractivity contribution is -0.108. The van der Waals surface area contributed by atoms with Crippen LogP contribution in [0.5, 0.6) is 0 Å². The number of nitrogens with one attached hydrogen (secondary N) is 1. The van der Waals surface area contributed by atoms with Crippen molar-refractivity contribution in [2.24, 2.45) is 0 Å². The molecule has 24 heavy (non-hydrogen) atoms. The quantitative estimate of drug-likeness (QED) is 0.556. The molecule has 0 heterocycles. The van der Waals surface area contributed by atoms with Gasteiger partial charge in [0.25, 0.3) is 0 Å². The second-order valence-electron chi connectivity index (χ2n) is 5.70. The summed E-state index contributed by atoms with van der Waals surface area (Å²) in [5, 5.41) is 4.07. The summed E-state index contributed by atoms with van der Waals surface area (Å²) in [5.41, 5.74) is 2.66. The van der Waals surface area contributed by atoms with Crippen LogP contribution in [0.4, 0.5) is 0 Å². The van der Waals surface area contributed by atoms with Gasteiger partial charge in [-0.05, 0) is 30.7 Å². The molecule has 3 nitrogen and oxygen atoms in total. The lowest BCUT2D eigenvalue weighted by Crippen LogP contribution is -2.28. The lowest BCUT2D eigenvalue weighted by atomic mass is 9.96. The molecule has 2 aromatic rings. The molecule has 126 valence electrons. The number of aldehydes is 1. The number of hydrogen-bond acceptors (Lipinski definition) is 3. The minimum absolute atomic E-state index is 0.0256. The van der Waals surface area contributed by atoms with Crippen LogP contribution in [0.3, 0.4) is 0 Å². The van der Waals surface area contributed by atoms with Crippen LogP contribution >= 0.6 is 23.2 Å². The first-order valence-electron chi connectivity index (χ1n) is 7.70. The average Bonchev–Trinajstić information content (AvgIpc) is 2.56. The highest BCUT2D eigenvalue weighted by Crippen LogP contribution is 2.27. The van der Waals surface area contributed by atoms with Gasteiger partial charge in [-0.3, -0.25) is 4.79 Å². The summed E-state index contributed by atoms with van der Waals surface area (Å²) in [7, 11) is 0. The van der Waals surface area contributed by atoms with E-state index in [1.165, 1.54) is 0 Å². The summed E-state index contributed by atoms with van der Waals surface area (Å²) < 4.78 is 0. The Bertz CT molecular complexity index is 731. The second kappa shape index (κ2) is 8.97. The van der Waals surface area contributed by atoms with Gasteiger partial charge >= 0.3 is 0 Å². The highest BCUT2D eigenvalue weighted by Gasteiger charge is 2.14. The summed E-state index contributed by atoms with van der Waals surface area (Å²) in [6.07, 6.45) is 1.22. The molecule has 0 aliphatic rings. The number of halogens is 2. The molecule has 0 aromatic heterocycles. The fraction of sp³-hybridized carbons (Fsp3) is 0.263. The zero-order chi connectivity index (χ0) is 17.5. The molecule has 2 rings (SSSR count). The van der Waals surface area contributed by atoms with Crippen LogP contribution in [0, 0.1) is 6.92 Å². The molecule has 5 heteroatoms. The van der Waals surface area contributed by atoms with Crippen LogP contribution in [0.2, 0.25) is 10.0 Å². The number of ketones is 1. The highest BCUT2D eigenvalue weighted by molar-refractivity contribution is 6.42. The zero-order valence-electron chi connectivity index (χ0n) is 13.4. The Hall–Kier alpha value is -1.68. The standard InChI is InChI=1S/C19H19Cl2NO2/c1-13-3-2-4-15(9-13)19(24)12-22-11-16(7-8-23)14-5-6-17(20)18(21)10-14/h2-6,8-10,16,22H,7,11-12H2,1H3. The molecule has 0 bridgehead atoms. The zero-order valence-corrected chi connectivity index (χ0v) is 14.9. The van der Waals surface area contributed by atoms with Gasteiger partial charge < -0.3 is 10.1 Å². The van der Waals surface area contributed by atoms with Crippen molar-refractivity contribution in [2.75, 3.05) is 13.1 Å². The van der Waals surface area contributed by atoms with Gasteiger partial charge in [-0.15, -0.1) is 0 Å². The Kier molecular flexibility index (Phi) is 6.98. The van der Waals surface area contributed by atoms with E-state index >= 15 is 0 Å². The molecule has 0 radical (unpaired) electrons. The predicted octanol–water partition coefficient (Wildman–Crippen LogP) is 4.45. The molecule has 0 spiro atoms. The maximum Gasteiger partial charge on any atom is 0.176 e. The average molecular weight is 364 g/mol. The number of benzene rings is 2. The Morgan fingerprint density at radius 3 is 2.62 bits per heavy atom. The lowest BCUT2D eigenvalue weighted by Gasteiger charge is -2.16. The van der Waals surface area contributed by atoms with E-state index in [-0.39, 0.29) is 18.2 Å². The molecule has 0 saturated carbocycles. The van der Waals surface area contributed by atoms with Crippen LogP contribution in [0.25, 0.3) is 0 Å². The Morgan fingerprint density at radius 2 is 1.96 bits per heavy atom. The second-order valence-corrected chi connectivity index (χ2v) is 6.51. The number of carbonyl (C=O) groups is 2. The first-order chi connectivity index (χ1) is 11.5. The molecule has 1 unspecified atom stereocenters. The van der Waals surface area contributed by atoms with E-state index < -0.39 is 0 Å². The van der Waals surface area contributed by atoms with Crippen molar-refractivity contribution in [3.63, 3.8) is 0 Å². The van der Waals surface area contributed by atoms with Crippen molar-refractivity contribution in [1.82, 2.24) is 5.32 Å². The third kappa shape index (κ3) is 5.17. The maximum absolute atomic E-state index is 12.2. The van der Waals surface area contributed by atoms with Crippen LogP contribution in [-0.2, 0) is 4.79 Å². The Balaban J connectivity index is 1.97. The molecule has 0 aliphatic heterocycles. The van der Waals surface area contributed by atoms with E-state index in [1.807, 2.05) is 31.2 Å². The molecule has 1 N–H and O–H groups in total. The van der Waals surface area contributed by atoms with Crippen molar-refractivity contribution in [3.05, 3.63) is 69.2 Å². The molecule has 0 aliphatic carbocycles. The minimum Gasteiger partial charge on any atom is -0.309 e. The monoisotopic (exact) mass is 363 g/mol. The molecular weight excluding hydrogens is 345 g/mol. The first-order valence-corrected chi connectivity index (χ1v) is 8.46. The maximum atomic E-state index is 12.2. The molecular formula is C19H19Cl2NO2. The largest absolute Gasteiger partial charge is 0.309 e. The van der Waals surface area contributed by atoms with E-state index in [0.29, 0.717) is 28.6 Å². The van der Waals surface area contributed by atoms with E-state index in [4.69, 9.17) is 23.2 Å². The molecule has 0 amide bonds. The fourth-order valence-electron chi connectivity index (χ4n) is 2.50. The van der Waals surface area contributed by atoms with Gasteiger partial charge in [0, 0.05) is 24.4 Å². The van der Waals surface area contributed by atoms with Gasteiger partial charge in [0.05, 0.1) is 16.6 Å². The van der Waals surface area contributed by atoms with Gasteiger partial charge in [0.1, 0.15) is 6.29 Å². The minimum atomic E-state index is -0.0532. The summed E-state index contributed by atoms with van der Waals surface area (Å²) >= 11 is 12.0. The topological polar surface area (TPSA) is 46.2 Å². The van der Waals surface area contributed by atoms with Crippen molar-refractivity contribution >= 4 is 35.3 Å². The summed E-state index contributed by atoms with van der Waals surface area (Å²) in [6, 6.07) is 12.8. The van der Waals surface area contributed by atoms with Gasteiger partial charge in [-0.1, -0.05) is 53.0 Å². The van der Waals surface area contributed by atoms with Crippen LogP contribution < -0.4 is 5.32 Å². The van der Waals surface area contributed by atoms with Gasteiger partial charge in [0.2, 0.25) is 0 Å². The summed E-state index contributed by atoms with van der Waals surface area (Å²) in [4.78, 5) is 23.1. The molecule has 1 atom stereocenters. The van der Waals surface area contributed by atoms with Crippen LogP contribution in [0.15, 0.2) is 42.5 Å². The van der Waals surface area contributed by atoms with E-state index in [0.717, 1.165) is 17.4 Å². The van der Waals surface area contributed by atoms with Gasteiger partial charge in [-0.25, -0.2) is 0 Å². The van der Waals surface area contributed by atoms with Gasteiger partial charge in [-0.2, -0.15) is 0 Å². The number of hydrogen-bond donors (Lipinski definition) is 1. The van der Waals surface area contributed by atoms with Crippen LogP contribution in [0.1, 0.15) is 33.8 Å². The number of Topliss-reactive ketones (excluding diaryl/α,β-unsaturated/α-hetero) is 1. The third-order valence-corrected chi connectivity index (χ3v) is 4.55. The van der Waals surface area contributed by atoms with E-state index in [1.54, 1.807) is 18.2 Å². The SMILES string of the molecule is Cc1cccc(C(=O)CNCC(CC=O)c2ccc(Cl)c(Cl)c2)c1. The Labute approximate surface area is 152 Å². The third-order valence-electron chi connectivity index (χ3n) is 3.81. The fourth-order valence-corrected chi connectivity index (χ4v) is 2.81. The number of aryl methyl sites for hydroxylation is 1. The van der Waals surface area contributed by atoms with Crippen molar-refractivity contribution in [3.8, 4) is 0 Å². The number of rotatable bonds is 8. The van der Waals surface area contributed by atoms with Gasteiger partial charge in [0.15, 0.2) is 5.78 Å². The first kappa shape index (κ1) is 18.7. The highest BCUT2D eigenvalue weighted by atomic mass is 35.5. The van der Waals surface area contributed by atoms with E-state index in [2.05, 4.69) is 5.32 Å². The predicted molar refractivity (Wildman–Crippen MR) is 98.3 cm³/mol. The van der Waals surface area contributed by atoms with Crippen molar-refractivity contribution in [1.29, 1.82) is 0 Å². The van der Waals surface area contributed by atoms with Crippen molar-refractivity contribution in [2.45, 2.75) is 19.3 Å². The molecule has 2 aromatic carbocycles. The summed E-state index contributed by atoms with van der Waals surface area (Å²) in [5.74, 6) is -0.0275. The van der Waals surface area contributed by atoms with Crippen molar-refractivity contribution < 1.29 is 9.59 Å². The summed E-state index contributed by atoms with van der Waals surface area (Å²) in [6.45, 7) is 2.68. The van der Waals surface area contributed by atoms with E-state index in [9.17, 15) is 9.59 Å². The molecule has 0 saturated heterocycles. The normalized spacial score (nSPS) is 12.0. The van der Waals surface area contributed by atoms with Crippen LogP contribution in [-0.4, -0.2) is 25.2 Å². The smallest absolute Gasteiger partial charge is 0.176 e.